The van der Waals surface area contributed by atoms with Crippen LogP contribution >= 0.6 is 28.3 Å². The molecular formula is C22H22BrClFNO2. The fourth-order valence-electron chi connectivity index (χ4n) is 2.75. The van der Waals surface area contributed by atoms with Crippen molar-refractivity contribution in [3.05, 3.63) is 93.7 Å². The number of hydrogen-bond acceptors (Lipinski definition) is 3. The number of halogens is 3. The third kappa shape index (κ3) is 6.23. The molecule has 0 aliphatic rings. The van der Waals surface area contributed by atoms with E-state index in [1.165, 1.54) is 12.1 Å². The first kappa shape index (κ1) is 22.2. The van der Waals surface area contributed by atoms with E-state index >= 15 is 0 Å². The Kier molecular flexibility index (Phi) is 8.77. The molecule has 3 rings (SSSR count). The zero-order valence-electron chi connectivity index (χ0n) is 15.5. The average molecular weight is 467 g/mol. The number of methoxy groups -OCH3 is 1. The maximum absolute atomic E-state index is 13.0. The van der Waals surface area contributed by atoms with Crippen molar-refractivity contribution in [1.29, 1.82) is 0 Å². The van der Waals surface area contributed by atoms with Crippen LogP contribution < -0.4 is 14.8 Å². The highest BCUT2D eigenvalue weighted by molar-refractivity contribution is 9.10. The normalized spacial score (nSPS) is 10.2. The van der Waals surface area contributed by atoms with Crippen molar-refractivity contribution >= 4 is 28.3 Å². The SMILES string of the molecule is COc1ccccc1CNCc1cc(Br)ccc1OCc1ccc(F)cc1.Cl. The molecule has 6 heteroatoms. The predicted octanol–water partition coefficient (Wildman–Crippen LogP) is 5.89. The average Bonchev–Trinajstić information content (AvgIpc) is 2.69. The van der Waals surface area contributed by atoms with Crippen molar-refractivity contribution in [2.45, 2.75) is 19.7 Å². The van der Waals surface area contributed by atoms with Crippen LogP contribution in [0.1, 0.15) is 16.7 Å². The summed E-state index contributed by atoms with van der Waals surface area (Å²) in [4.78, 5) is 0. The van der Waals surface area contributed by atoms with Gasteiger partial charge in [0.1, 0.15) is 23.9 Å². The summed E-state index contributed by atoms with van der Waals surface area (Å²) in [6.07, 6.45) is 0. The second-order valence-corrected chi connectivity index (χ2v) is 7.00. The number of hydrogen-bond donors (Lipinski definition) is 1. The first-order valence-corrected chi connectivity index (χ1v) is 9.43. The van der Waals surface area contributed by atoms with Gasteiger partial charge in [0.05, 0.1) is 7.11 Å². The molecule has 28 heavy (non-hydrogen) atoms. The molecule has 0 fully saturated rings. The van der Waals surface area contributed by atoms with Crippen LogP contribution in [-0.4, -0.2) is 7.11 Å². The molecule has 3 nitrogen and oxygen atoms in total. The van der Waals surface area contributed by atoms with Gasteiger partial charge in [-0.2, -0.15) is 0 Å². The Balaban J connectivity index is 0.00000280. The molecule has 3 aromatic rings. The van der Waals surface area contributed by atoms with Gasteiger partial charge in [-0.25, -0.2) is 4.39 Å². The number of rotatable bonds is 8. The third-order valence-electron chi connectivity index (χ3n) is 4.15. The van der Waals surface area contributed by atoms with E-state index in [1.54, 1.807) is 19.2 Å². The second kappa shape index (κ2) is 11.1. The lowest BCUT2D eigenvalue weighted by atomic mass is 10.1. The first-order chi connectivity index (χ1) is 13.2. The monoisotopic (exact) mass is 465 g/mol. The molecular weight excluding hydrogens is 445 g/mol. The molecule has 148 valence electrons. The molecule has 0 atom stereocenters. The van der Waals surface area contributed by atoms with E-state index in [2.05, 4.69) is 21.2 Å². The highest BCUT2D eigenvalue weighted by atomic mass is 79.9. The summed E-state index contributed by atoms with van der Waals surface area (Å²) in [6.45, 7) is 1.73. The molecule has 0 bridgehead atoms. The summed E-state index contributed by atoms with van der Waals surface area (Å²) < 4.78 is 25.4. The minimum absolute atomic E-state index is 0. The summed E-state index contributed by atoms with van der Waals surface area (Å²) in [6, 6.07) is 20.2. The molecule has 0 saturated carbocycles. The maximum Gasteiger partial charge on any atom is 0.124 e. The van der Waals surface area contributed by atoms with Crippen molar-refractivity contribution in [3.8, 4) is 11.5 Å². The minimum Gasteiger partial charge on any atom is -0.496 e. The zero-order chi connectivity index (χ0) is 19.1. The van der Waals surface area contributed by atoms with E-state index < -0.39 is 0 Å². The molecule has 3 aromatic carbocycles. The van der Waals surface area contributed by atoms with Gasteiger partial charge in [-0.3, -0.25) is 0 Å². The van der Waals surface area contributed by atoms with Gasteiger partial charge in [-0.1, -0.05) is 46.3 Å². The van der Waals surface area contributed by atoms with E-state index in [0.717, 1.165) is 32.7 Å². The zero-order valence-corrected chi connectivity index (χ0v) is 17.9. The topological polar surface area (TPSA) is 30.5 Å². The molecule has 0 unspecified atom stereocenters. The lowest BCUT2D eigenvalue weighted by Crippen LogP contribution is -2.14. The molecule has 0 amide bonds. The van der Waals surface area contributed by atoms with Crippen molar-refractivity contribution in [3.63, 3.8) is 0 Å². The molecule has 0 saturated heterocycles. The van der Waals surface area contributed by atoms with Gasteiger partial charge in [0.2, 0.25) is 0 Å². The molecule has 0 spiro atoms. The van der Waals surface area contributed by atoms with Crippen molar-refractivity contribution < 1.29 is 13.9 Å². The van der Waals surface area contributed by atoms with Crippen LogP contribution in [0.2, 0.25) is 0 Å². The van der Waals surface area contributed by atoms with Gasteiger partial charge < -0.3 is 14.8 Å². The Bertz CT molecular complexity index is 890. The molecule has 0 aliphatic carbocycles. The third-order valence-corrected chi connectivity index (χ3v) is 4.65. The minimum atomic E-state index is -0.247. The summed E-state index contributed by atoms with van der Waals surface area (Å²) in [5.74, 6) is 1.42. The number of para-hydroxylation sites is 1. The lowest BCUT2D eigenvalue weighted by molar-refractivity contribution is 0.302. The largest absolute Gasteiger partial charge is 0.496 e. The van der Waals surface area contributed by atoms with Gasteiger partial charge in [0.15, 0.2) is 0 Å². The fraction of sp³-hybridized carbons (Fsp3) is 0.182. The van der Waals surface area contributed by atoms with Crippen LogP contribution in [0.25, 0.3) is 0 Å². The van der Waals surface area contributed by atoms with Crippen LogP contribution in [0.3, 0.4) is 0 Å². The molecule has 0 heterocycles. The Morgan fingerprint density at radius 1 is 0.893 bits per heavy atom. The van der Waals surface area contributed by atoms with Crippen molar-refractivity contribution in [1.82, 2.24) is 5.32 Å². The van der Waals surface area contributed by atoms with E-state index in [4.69, 9.17) is 9.47 Å². The highest BCUT2D eigenvalue weighted by Gasteiger charge is 2.07. The molecule has 0 radical (unpaired) electrons. The summed E-state index contributed by atoms with van der Waals surface area (Å²) in [5, 5.41) is 3.44. The van der Waals surface area contributed by atoms with Gasteiger partial charge >= 0.3 is 0 Å². The van der Waals surface area contributed by atoms with Crippen LogP contribution in [-0.2, 0) is 19.7 Å². The maximum atomic E-state index is 13.0. The van der Waals surface area contributed by atoms with Gasteiger partial charge in [0.25, 0.3) is 0 Å². The van der Waals surface area contributed by atoms with Gasteiger partial charge in [0, 0.05) is 28.7 Å². The van der Waals surface area contributed by atoms with Crippen molar-refractivity contribution in [2.75, 3.05) is 7.11 Å². The fourth-order valence-corrected chi connectivity index (χ4v) is 3.16. The van der Waals surface area contributed by atoms with Crippen LogP contribution in [0.4, 0.5) is 4.39 Å². The van der Waals surface area contributed by atoms with Crippen LogP contribution in [0, 0.1) is 5.82 Å². The van der Waals surface area contributed by atoms with Crippen LogP contribution in [0.15, 0.2) is 71.2 Å². The van der Waals surface area contributed by atoms with E-state index in [9.17, 15) is 4.39 Å². The number of ether oxygens (including phenoxy) is 2. The van der Waals surface area contributed by atoms with Gasteiger partial charge in [-0.05, 0) is 42.0 Å². The van der Waals surface area contributed by atoms with E-state index in [0.29, 0.717) is 19.7 Å². The predicted molar refractivity (Wildman–Crippen MR) is 116 cm³/mol. The lowest BCUT2D eigenvalue weighted by Gasteiger charge is -2.14. The standard InChI is InChI=1S/C22H21BrFNO2.ClH/c1-26-21-5-3-2-4-17(21)13-25-14-18-12-19(23)8-11-22(18)27-15-16-6-9-20(24)10-7-16;/h2-12,25H,13-15H2,1H3;1H. The first-order valence-electron chi connectivity index (χ1n) is 8.64. The summed E-state index contributed by atoms with van der Waals surface area (Å²) in [5.41, 5.74) is 3.07. The van der Waals surface area contributed by atoms with E-state index in [-0.39, 0.29) is 18.2 Å². The Labute approximate surface area is 179 Å². The molecule has 0 aliphatic heterocycles. The van der Waals surface area contributed by atoms with Crippen LogP contribution in [0.5, 0.6) is 11.5 Å². The van der Waals surface area contributed by atoms with Crippen molar-refractivity contribution in [2.24, 2.45) is 0 Å². The summed E-state index contributed by atoms with van der Waals surface area (Å²) >= 11 is 3.51. The van der Waals surface area contributed by atoms with Gasteiger partial charge in [-0.15, -0.1) is 12.4 Å². The Hall–Kier alpha value is -2.08. The number of nitrogens with one attached hydrogen (secondary N) is 1. The number of benzene rings is 3. The Morgan fingerprint density at radius 2 is 1.61 bits per heavy atom. The smallest absolute Gasteiger partial charge is 0.124 e. The van der Waals surface area contributed by atoms with E-state index in [1.807, 2.05) is 42.5 Å². The Morgan fingerprint density at radius 3 is 2.36 bits per heavy atom. The highest BCUT2D eigenvalue weighted by Crippen LogP contribution is 2.25. The molecule has 1 N–H and O–H groups in total. The second-order valence-electron chi connectivity index (χ2n) is 6.08. The quantitative estimate of drug-likeness (QED) is 0.449. The molecule has 0 aromatic heterocycles. The summed E-state index contributed by atoms with van der Waals surface area (Å²) in [7, 11) is 1.68.